The Morgan fingerprint density at radius 2 is 1.47 bits per heavy atom. The van der Waals surface area contributed by atoms with Gasteiger partial charge in [-0.3, -0.25) is 14.9 Å². The summed E-state index contributed by atoms with van der Waals surface area (Å²) < 4.78 is 0. The van der Waals surface area contributed by atoms with Gasteiger partial charge >= 0.3 is 6.03 Å². The lowest BCUT2D eigenvalue weighted by Gasteiger charge is -2.35. The summed E-state index contributed by atoms with van der Waals surface area (Å²) in [7, 11) is 0. The number of piperazine rings is 1. The molecule has 1 fully saturated rings. The number of hydrogen-bond donors (Lipinski definition) is 1. The van der Waals surface area contributed by atoms with Crippen molar-refractivity contribution in [2.24, 2.45) is 0 Å². The molecule has 1 saturated heterocycles. The lowest BCUT2D eigenvalue weighted by atomic mass is 10.0. The monoisotopic (exact) mass is 481 g/mol. The Balaban J connectivity index is 1.30. The predicted octanol–water partition coefficient (Wildman–Crippen LogP) is 4.80. The highest BCUT2D eigenvalue weighted by Crippen LogP contribution is 2.26. The Kier molecular flexibility index (Phi) is 6.27. The number of benzene rings is 3. The number of anilines is 1. The van der Waals surface area contributed by atoms with Crippen LogP contribution in [0.1, 0.15) is 10.4 Å². The number of aromatic nitrogens is 1. The van der Waals surface area contributed by atoms with E-state index in [9.17, 15) is 19.7 Å². The zero-order valence-electron chi connectivity index (χ0n) is 19.3. The van der Waals surface area contributed by atoms with Crippen molar-refractivity contribution in [1.82, 2.24) is 14.8 Å². The third-order valence-electron chi connectivity index (χ3n) is 6.20. The van der Waals surface area contributed by atoms with E-state index < -0.39 is 4.92 Å². The molecule has 4 aromatic rings. The van der Waals surface area contributed by atoms with Crippen LogP contribution in [-0.4, -0.2) is 57.8 Å². The third-order valence-corrected chi connectivity index (χ3v) is 6.20. The normalized spacial score (nSPS) is 13.4. The number of urea groups is 1. The number of fused-ring (bicyclic) bond motifs is 1. The van der Waals surface area contributed by atoms with E-state index in [1.165, 1.54) is 24.3 Å². The Morgan fingerprint density at radius 3 is 2.17 bits per heavy atom. The number of pyridine rings is 1. The van der Waals surface area contributed by atoms with Crippen LogP contribution in [0.3, 0.4) is 0 Å². The summed E-state index contributed by atoms with van der Waals surface area (Å²) >= 11 is 0. The van der Waals surface area contributed by atoms with E-state index >= 15 is 0 Å². The molecule has 1 aromatic heterocycles. The topological polar surface area (TPSA) is 109 Å². The van der Waals surface area contributed by atoms with Crippen LogP contribution >= 0.6 is 0 Å². The molecule has 3 aromatic carbocycles. The molecule has 1 aliphatic rings. The average molecular weight is 482 g/mol. The maximum atomic E-state index is 13.6. The van der Waals surface area contributed by atoms with Crippen molar-refractivity contribution in [3.05, 3.63) is 101 Å². The van der Waals surface area contributed by atoms with Gasteiger partial charge in [0, 0.05) is 54.9 Å². The molecule has 9 heteroatoms. The van der Waals surface area contributed by atoms with Crippen molar-refractivity contribution in [2.75, 3.05) is 31.5 Å². The first-order valence-corrected chi connectivity index (χ1v) is 11.5. The molecule has 0 radical (unpaired) electrons. The molecule has 3 amide bonds. The lowest BCUT2D eigenvalue weighted by Crippen LogP contribution is -2.51. The number of rotatable bonds is 4. The zero-order chi connectivity index (χ0) is 25.1. The van der Waals surface area contributed by atoms with Gasteiger partial charge in [0.05, 0.1) is 21.7 Å². The van der Waals surface area contributed by atoms with Crippen molar-refractivity contribution in [3.8, 4) is 11.3 Å². The maximum absolute atomic E-state index is 13.6. The second-order valence-corrected chi connectivity index (χ2v) is 8.45. The molecular formula is C27H23N5O4. The van der Waals surface area contributed by atoms with E-state index in [2.05, 4.69) is 5.32 Å². The highest BCUT2D eigenvalue weighted by Gasteiger charge is 2.26. The fourth-order valence-corrected chi connectivity index (χ4v) is 4.26. The predicted molar refractivity (Wildman–Crippen MR) is 137 cm³/mol. The Hall–Kier alpha value is -4.79. The van der Waals surface area contributed by atoms with Gasteiger partial charge in [0.25, 0.3) is 11.6 Å². The van der Waals surface area contributed by atoms with Crippen molar-refractivity contribution in [1.29, 1.82) is 0 Å². The molecule has 0 aliphatic carbocycles. The fraction of sp³-hybridized carbons (Fsp3) is 0.148. The number of nitro groups is 1. The van der Waals surface area contributed by atoms with Gasteiger partial charge in [-0.05, 0) is 24.3 Å². The quantitative estimate of drug-likeness (QED) is 0.333. The van der Waals surface area contributed by atoms with Gasteiger partial charge < -0.3 is 15.1 Å². The first kappa shape index (κ1) is 23.0. The highest BCUT2D eigenvalue weighted by atomic mass is 16.6. The minimum Gasteiger partial charge on any atom is -0.335 e. The summed E-state index contributed by atoms with van der Waals surface area (Å²) in [5.74, 6) is -0.0961. The Bertz CT molecular complexity index is 1430. The summed E-state index contributed by atoms with van der Waals surface area (Å²) in [5, 5.41) is 14.4. The van der Waals surface area contributed by atoms with Crippen LogP contribution in [0, 0.1) is 10.1 Å². The molecule has 5 rings (SSSR count). The standard InChI is InChI=1S/C27H23N5O4/c33-26(23-18-25(19-6-2-1-3-7-19)29-24-9-5-4-8-22(23)24)30-14-16-31(17-15-30)27(34)28-20-10-12-21(13-11-20)32(35)36/h1-13,18H,14-17H2,(H,28,34). The number of nitrogens with one attached hydrogen (secondary N) is 1. The van der Waals surface area contributed by atoms with Crippen LogP contribution in [0.25, 0.3) is 22.2 Å². The summed E-state index contributed by atoms with van der Waals surface area (Å²) in [6.45, 7) is 1.53. The van der Waals surface area contributed by atoms with Gasteiger partial charge in [0.2, 0.25) is 0 Å². The number of hydrogen-bond acceptors (Lipinski definition) is 5. The summed E-state index contributed by atoms with van der Waals surface area (Å²) in [6, 6.07) is 24.6. The van der Waals surface area contributed by atoms with Crippen molar-refractivity contribution < 1.29 is 14.5 Å². The molecule has 1 N–H and O–H groups in total. The molecule has 180 valence electrons. The van der Waals surface area contributed by atoms with Crippen molar-refractivity contribution >= 4 is 34.2 Å². The number of non-ortho nitro benzene ring substituents is 1. The van der Waals surface area contributed by atoms with Crippen LogP contribution in [0.4, 0.5) is 16.2 Å². The molecule has 0 atom stereocenters. The third kappa shape index (κ3) is 4.72. The van der Waals surface area contributed by atoms with Crippen LogP contribution < -0.4 is 5.32 Å². The number of carbonyl (C=O) groups excluding carboxylic acids is 2. The highest BCUT2D eigenvalue weighted by molar-refractivity contribution is 6.07. The molecule has 0 saturated carbocycles. The number of para-hydroxylation sites is 1. The number of nitro benzene ring substituents is 1. The van der Waals surface area contributed by atoms with Gasteiger partial charge in [-0.2, -0.15) is 0 Å². The van der Waals surface area contributed by atoms with Crippen LogP contribution in [-0.2, 0) is 0 Å². The minimum absolute atomic E-state index is 0.0424. The summed E-state index contributed by atoms with van der Waals surface area (Å²) in [4.78, 5) is 44.7. The molecule has 0 unspecified atom stereocenters. The molecule has 1 aliphatic heterocycles. The van der Waals surface area contributed by atoms with Crippen molar-refractivity contribution in [2.45, 2.75) is 0 Å². The van der Waals surface area contributed by atoms with Gasteiger partial charge in [0.15, 0.2) is 0 Å². The minimum atomic E-state index is -0.489. The SMILES string of the molecule is O=C(Nc1ccc([N+](=O)[O-])cc1)N1CCN(C(=O)c2cc(-c3ccccc3)nc3ccccc23)CC1. The van der Waals surface area contributed by atoms with E-state index in [0.29, 0.717) is 37.4 Å². The molecule has 36 heavy (non-hydrogen) atoms. The molecule has 0 spiro atoms. The van der Waals surface area contributed by atoms with Gasteiger partial charge in [0.1, 0.15) is 0 Å². The molecular weight excluding hydrogens is 458 g/mol. The smallest absolute Gasteiger partial charge is 0.321 e. The maximum Gasteiger partial charge on any atom is 0.321 e. The van der Waals surface area contributed by atoms with Gasteiger partial charge in [-0.15, -0.1) is 0 Å². The van der Waals surface area contributed by atoms with Crippen LogP contribution in [0.15, 0.2) is 84.9 Å². The zero-order valence-corrected chi connectivity index (χ0v) is 19.3. The first-order valence-electron chi connectivity index (χ1n) is 11.5. The number of amides is 3. The molecule has 9 nitrogen and oxygen atoms in total. The molecule has 0 bridgehead atoms. The number of nitrogens with zero attached hydrogens (tertiary/aromatic N) is 4. The Labute approximate surface area is 207 Å². The van der Waals surface area contributed by atoms with Crippen LogP contribution in [0.2, 0.25) is 0 Å². The van der Waals surface area contributed by atoms with E-state index in [1.54, 1.807) is 9.80 Å². The average Bonchev–Trinajstić information content (AvgIpc) is 2.93. The van der Waals surface area contributed by atoms with E-state index in [-0.39, 0.29) is 17.6 Å². The summed E-state index contributed by atoms with van der Waals surface area (Å²) in [5.41, 5.74) is 3.44. The van der Waals surface area contributed by atoms with E-state index in [0.717, 1.165) is 22.2 Å². The van der Waals surface area contributed by atoms with E-state index in [4.69, 9.17) is 4.98 Å². The lowest BCUT2D eigenvalue weighted by molar-refractivity contribution is -0.384. The second-order valence-electron chi connectivity index (χ2n) is 8.45. The number of carbonyl (C=O) groups is 2. The largest absolute Gasteiger partial charge is 0.335 e. The van der Waals surface area contributed by atoms with E-state index in [1.807, 2.05) is 60.7 Å². The van der Waals surface area contributed by atoms with Gasteiger partial charge in [-0.1, -0.05) is 48.5 Å². The molecule has 2 heterocycles. The van der Waals surface area contributed by atoms with Gasteiger partial charge in [-0.25, -0.2) is 9.78 Å². The second kappa shape index (κ2) is 9.83. The summed E-state index contributed by atoms with van der Waals surface area (Å²) in [6.07, 6.45) is 0. The van der Waals surface area contributed by atoms with Crippen LogP contribution in [0.5, 0.6) is 0 Å². The first-order chi connectivity index (χ1) is 17.5. The Morgan fingerprint density at radius 1 is 0.833 bits per heavy atom. The fourth-order valence-electron chi connectivity index (χ4n) is 4.26. The van der Waals surface area contributed by atoms with Crippen molar-refractivity contribution in [3.63, 3.8) is 0 Å².